The molecule has 0 fully saturated rings. The quantitative estimate of drug-likeness (QED) is 0.751. The van der Waals surface area contributed by atoms with Crippen molar-refractivity contribution in [1.29, 1.82) is 0 Å². The predicted molar refractivity (Wildman–Crippen MR) is 98.6 cm³/mol. The number of carbonyl (C=O) groups excluding carboxylic acids is 1. The normalized spacial score (nSPS) is 14.6. The van der Waals surface area contributed by atoms with Crippen molar-refractivity contribution in [3.63, 3.8) is 0 Å². The van der Waals surface area contributed by atoms with E-state index in [1.165, 1.54) is 0 Å². The van der Waals surface area contributed by atoms with Crippen LogP contribution in [-0.4, -0.2) is 42.1 Å². The first-order valence-corrected chi connectivity index (χ1v) is 8.91. The van der Waals surface area contributed by atoms with Gasteiger partial charge in [0.2, 0.25) is 5.91 Å². The highest BCUT2D eigenvalue weighted by molar-refractivity contribution is 5.78. The Bertz CT molecular complexity index is 997. The summed E-state index contributed by atoms with van der Waals surface area (Å²) in [6, 6.07) is 7.28. The van der Waals surface area contributed by atoms with E-state index in [1.54, 1.807) is 34.1 Å². The summed E-state index contributed by atoms with van der Waals surface area (Å²) in [4.78, 5) is 38.7. The second-order valence-corrected chi connectivity index (χ2v) is 6.69. The average molecular weight is 364 g/mol. The van der Waals surface area contributed by atoms with E-state index in [4.69, 9.17) is 0 Å². The van der Waals surface area contributed by atoms with Crippen LogP contribution in [0.1, 0.15) is 18.2 Å². The van der Waals surface area contributed by atoms with Gasteiger partial charge >= 0.3 is 0 Å². The van der Waals surface area contributed by atoms with E-state index in [0.29, 0.717) is 48.8 Å². The van der Waals surface area contributed by atoms with Gasteiger partial charge in [-0.25, -0.2) is 4.98 Å². The Morgan fingerprint density at radius 1 is 1.30 bits per heavy atom. The largest absolute Gasteiger partial charge is 0.336 e. The molecule has 4 heterocycles. The second kappa shape index (κ2) is 7.14. The number of amides is 1. The van der Waals surface area contributed by atoms with Gasteiger partial charge in [0.15, 0.2) is 5.82 Å². The van der Waals surface area contributed by atoms with Gasteiger partial charge in [-0.1, -0.05) is 13.0 Å². The number of hydrogen-bond donors (Lipinski definition) is 1. The van der Waals surface area contributed by atoms with Crippen LogP contribution in [0, 0.1) is 5.92 Å². The minimum atomic E-state index is -0.205. The monoisotopic (exact) mass is 364 g/mol. The number of aromatic amines is 1. The lowest BCUT2D eigenvalue weighted by Gasteiger charge is -2.30. The van der Waals surface area contributed by atoms with E-state index in [9.17, 15) is 9.59 Å². The van der Waals surface area contributed by atoms with Crippen LogP contribution in [-0.2, 0) is 24.3 Å². The predicted octanol–water partition coefficient (Wildman–Crippen LogP) is 1.25. The van der Waals surface area contributed by atoms with Crippen LogP contribution in [0.15, 0.2) is 47.7 Å². The van der Waals surface area contributed by atoms with Gasteiger partial charge < -0.3 is 9.88 Å². The van der Waals surface area contributed by atoms with Crippen molar-refractivity contribution in [2.75, 3.05) is 6.54 Å². The molecule has 3 aromatic rings. The van der Waals surface area contributed by atoms with E-state index >= 15 is 0 Å². The number of rotatable bonds is 4. The summed E-state index contributed by atoms with van der Waals surface area (Å²) < 4.78 is 1.75. The number of aromatic nitrogens is 5. The van der Waals surface area contributed by atoms with Gasteiger partial charge in [-0.3, -0.25) is 19.3 Å². The lowest BCUT2D eigenvalue weighted by Crippen LogP contribution is -2.42. The van der Waals surface area contributed by atoms with Gasteiger partial charge in [-0.2, -0.15) is 5.10 Å². The first kappa shape index (κ1) is 17.1. The molecule has 4 rings (SSSR count). The molecule has 1 aliphatic heterocycles. The number of hydrogen-bond acceptors (Lipinski definition) is 5. The summed E-state index contributed by atoms with van der Waals surface area (Å²) in [7, 11) is 0. The molecule has 0 unspecified atom stereocenters. The fraction of sp³-hybridized carbons (Fsp3) is 0.316. The van der Waals surface area contributed by atoms with Crippen LogP contribution >= 0.6 is 0 Å². The Morgan fingerprint density at radius 3 is 2.93 bits per heavy atom. The van der Waals surface area contributed by atoms with E-state index in [1.807, 2.05) is 25.3 Å². The Morgan fingerprint density at radius 2 is 2.19 bits per heavy atom. The number of pyridine rings is 1. The van der Waals surface area contributed by atoms with E-state index in [0.717, 1.165) is 0 Å². The van der Waals surface area contributed by atoms with Gasteiger partial charge in [0.25, 0.3) is 5.56 Å². The maximum atomic E-state index is 12.8. The first-order valence-electron chi connectivity index (χ1n) is 8.91. The van der Waals surface area contributed by atoms with Crippen LogP contribution in [0.4, 0.5) is 0 Å². The average Bonchev–Trinajstić information content (AvgIpc) is 3.20. The number of H-pyrrole nitrogens is 1. The topological polar surface area (TPSA) is 96.8 Å². The lowest BCUT2D eigenvalue weighted by molar-refractivity contribution is -0.136. The fourth-order valence-electron chi connectivity index (χ4n) is 3.33. The maximum absolute atomic E-state index is 12.8. The maximum Gasteiger partial charge on any atom is 0.254 e. The first-order chi connectivity index (χ1) is 13.1. The van der Waals surface area contributed by atoms with Crippen LogP contribution in [0.3, 0.4) is 0 Å². The third-order valence-corrected chi connectivity index (χ3v) is 4.73. The number of nitrogens with one attached hydrogen (secondary N) is 1. The number of nitrogens with zero attached hydrogens (tertiary/aromatic N) is 5. The molecule has 1 aliphatic rings. The van der Waals surface area contributed by atoms with Crippen molar-refractivity contribution in [3.05, 3.63) is 64.5 Å². The summed E-state index contributed by atoms with van der Waals surface area (Å²) in [5, 5.41) is 4.16. The van der Waals surface area contributed by atoms with Gasteiger partial charge in [-0.05, 0) is 24.6 Å². The number of carbonyl (C=O) groups is 1. The molecule has 0 bridgehead atoms. The van der Waals surface area contributed by atoms with Crippen molar-refractivity contribution in [2.24, 2.45) is 5.92 Å². The second-order valence-electron chi connectivity index (χ2n) is 6.69. The Balaban J connectivity index is 1.56. The van der Waals surface area contributed by atoms with E-state index in [-0.39, 0.29) is 17.4 Å². The molecule has 8 nitrogen and oxygen atoms in total. The Labute approximate surface area is 155 Å². The summed E-state index contributed by atoms with van der Waals surface area (Å²) in [6.07, 6.45) is 5.70. The molecule has 1 N–H and O–H groups in total. The zero-order valence-corrected chi connectivity index (χ0v) is 15.0. The molecule has 3 aromatic heterocycles. The van der Waals surface area contributed by atoms with Crippen molar-refractivity contribution >= 4 is 5.91 Å². The van der Waals surface area contributed by atoms with Crippen LogP contribution in [0.2, 0.25) is 0 Å². The van der Waals surface area contributed by atoms with E-state index in [2.05, 4.69) is 20.1 Å². The molecule has 27 heavy (non-hydrogen) atoms. The Kier molecular flexibility index (Phi) is 4.53. The molecule has 0 aromatic carbocycles. The molecule has 0 saturated heterocycles. The molecule has 0 saturated carbocycles. The summed E-state index contributed by atoms with van der Waals surface area (Å²) in [6.45, 7) is 3.27. The molecular weight excluding hydrogens is 344 g/mol. The highest BCUT2D eigenvalue weighted by Gasteiger charge is 2.27. The van der Waals surface area contributed by atoms with Crippen molar-refractivity contribution in [3.8, 4) is 11.5 Å². The molecule has 1 atom stereocenters. The molecule has 138 valence electrons. The lowest BCUT2D eigenvalue weighted by atomic mass is 10.0. The van der Waals surface area contributed by atoms with Crippen LogP contribution in [0.25, 0.3) is 11.5 Å². The number of fused-ring (bicyclic) bond motifs is 1. The molecule has 0 spiro atoms. The summed E-state index contributed by atoms with van der Waals surface area (Å²) in [5.41, 5.74) is 1.74. The van der Waals surface area contributed by atoms with Gasteiger partial charge in [0.05, 0.1) is 24.7 Å². The third kappa shape index (κ3) is 3.51. The van der Waals surface area contributed by atoms with Gasteiger partial charge in [0.1, 0.15) is 5.69 Å². The summed E-state index contributed by atoms with van der Waals surface area (Å²) in [5.74, 6) is 0.263. The Hall–Kier alpha value is -3.29. The summed E-state index contributed by atoms with van der Waals surface area (Å²) >= 11 is 0. The van der Waals surface area contributed by atoms with Crippen LogP contribution in [0.5, 0.6) is 0 Å². The zero-order chi connectivity index (χ0) is 18.8. The zero-order valence-electron chi connectivity index (χ0n) is 15.0. The minimum Gasteiger partial charge on any atom is -0.336 e. The third-order valence-electron chi connectivity index (χ3n) is 4.73. The van der Waals surface area contributed by atoms with Crippen LogP contribution < -0.4 is 5.56 Å². The van der Waals surface area contributed by atoms with Crippen molar-refractivity contribution in [2.45, 2.75) is 26.4 Å². The van der Waals surface area contributed by atoms with Gasteiger partial charge in [-0.15, -0.1) is 0 Å². The molecular formula is C19H20N6O2. The fourth-order valence-corrected chi connectivity index (χ4v) is 3.33. The standard InChI is InChI=1S/C19H20N6O2/c1-13(11-25-9-4-8-21-25)19(27)24-10-6-14-16(12-24)22-17(23-18(14)26)15-5-2-3-7-20-15/h2-5,7-9,13H,6,10-12H2,1H3,(H,22,23,26)/t13-/m1/s1. The van der Waals surface area contributed by atoms with Gasteiger partial charge in [0, 0.05) is 30.7 Å². The molecule has 8 heteroatoms. The molecule has 1 amide bonds. The minimum absolute atomic E-state index is 0.0395. The molecule has 0 radical (unpaired) electrons. The van der Waals surface area contributed by atoms with Crippen molar-refractivity contribution in [1.82, 2.24) is 29.6 Å². The molecule has 0 aliphatic carbocycles. The highest BCUT2D eigenvalue weighted by atomic mass is 16.2. The van der Waals surface area contributed by atoms with E-state index < -0.39 is 0 Å². The van der Waals surface area contributed by atoms with Crippen molar-refractivity contribution < 1.29 is 4.79 Å². The smallest absolute Gasteiger partial charge is 0.254 e. The highest BCUT2D eigenvalue weighted by Crippen LogP contribution is 2.19. The SMILES string of the molecule is C[C@H](Cn1cccn1)C(=O)N1CCc2c(nc(-c3ccccn3)[nH]c2=O)C1.